The second-order valence-corrected chi connectivity index (χ2v) is 8.40. The Morgan fingerprint density at radius 1 is 1.19 bits per heavy atom. The van der Waals surface area contributed by atoms with Gasteiger partial charge >= 0.3 is 0 Å². The van der Waals surface area contributed by atoms with Crippen molar-refractivity contribution in [3.63, 3.8) is 0 Å². The molecule has 32 heavy (non-hydrogen) atoms. The standard InChI is InChI=1S/C24H26ClN5O2/c1-2-3-4-7-19-15-29(16-23(31)27-22-8-5-6-13-26-22)24(32)21-14-20(28-30(19)21)17-9-11-18(25)12-10-17/h5-6,8-14,19H,2-4,7,15-16H2,1H3,(H,26,27,31). The molecular weight excluding hydrogens is 426 g/mol. The van der Waals surface area contributed by atoms with Crippen LogP contribution in [-0.2, 0) is 4.79 Å². The lowest BCUT2D eigenvalue weighted by Gasteiger charge is -2.33. The van der Waals surface area contributed by atoms with Crippen LogP contribution in [-0.4, -0.2) is 44.6 Å². The summed E-state index contributed by atoms with van der Waals surface area (Å²) in [6, 6.07) is 14.5. The number of nitrogens with one attached hydrogen (secondary N) is 1. The van der Waals surface area contributed by atoms with Crippen molar-refractivity contribution in [2.24, 2.45) is 0 Å². The predicted octanol–water partition coefficient (Wildman–Crippen LogP) is 4.81. The SMILES string of the molecule is CCCCCC1CN(CC(=O)Nc2ccccn2)C(=O)c2cc(-c3ccc(Cl)cc3)nn21. The average molecular weight is 452 g/mol. The summed E-state index contributed by atoms with van der Waals surface area (Å²) in [5.41, 5.74) is 2.13. The van der Waals surface area contributed by atoms with Gasteiger partial charge in [-0.2, -0.15) is 5.10 Å². The van der Waals surface area contributed by atoms with E-state index in [0.29, 0.717) is 23.1 Å². The van der Waals surface area contributed by atoms with E-state index in [-0.39, 0.29) is 24.4 Å². The number of amides is 2. The van der Waals surface area contributed by atoms with Crippen LogP contribution in [0.5, 0.6) is 0 Å². The smallest absolute Gasteiger partial charge is 0.272 e. The van der Waals surface area contributed by atoms with Crippen molar-refractivity contribution in [2.45, 2.75) is 38.6 Å². The van der Waals surface area contributed by atoms with Crippen molar-refractivity contribution in [3.8, 4) is 11.3 Å². The van der Waals surface area contributed by atoms with Gasteiger partial charge in [-0.05, 0) is 36.8 Å². The molecule has 8 heteroatoms. The molecule has 1 aliphatic rings. The molecule has 2 amide bonds. The molecule has 3 heterocycles. The van der Waals surface area contributed by atoms with Gasteiger partial charge in [0.15, 0.2) is 0 Å². The van der Waals surface area contributed by atoms with Crippen molar-refractivity contribution in [1.82, 2.24) is 19.7 Å². The summed E-state index contributed by atoms with van der Waals surface area (Å²) < 4.78 is 1.84. The molecule has 0 saturated carbocycles. The lowest BCUT2D eigenvalue weighted by Crippen LogP contribution is -2.46. The third-order valence-electron chi connectivity index (χ3n) is 5.57. The second kappa shape index (κ2) is 9.96. The molecule has 0 spiro atoms. The van der Waals surface area contributed by atoms with Crippen molar-refractivity contribution >= 4 is 29.2 Å². The average Bonchev–Trinajstić information content (AvgIpc) is 3.24. The van der Waals surface area contributed by atoms with Crippen molar-refractivity contribution < 1.29 is 9.59 Å². The minimum atomic E-state index is -0.268. The molecule has 0 bridgehead atoms. The maximum atomic E-state index is 13.2. The fraction of sp³-hybridized carbons (Fsp3) is 0.333. The van der Waals surface area contributed by atoms with Gasteiger partial charge in [0, 0.05) is 23.3 Å². The zero-order chi connectivity index (χ0) is 22.5. The van der Waals surface area contributed by atoms with Crippen molar-refractivity contribution in [1.29, 1.82) is 0 Å². The summed E-state index contributed by atoms with van der Waals surface area (Å²) in [6.07, 6.45) is 5.78. The molecule has 1 atom stereocenters. The summed E-state index contributed by atoms with van der Waals surface area (Å²) in [4.78, 5) is 31.5. The van der Waals surface area contributed by atoms with Crippen molar-refractivity contribution in [2.75, 3.05) is 18.4 Å². The normalized spacial score (nSPS) is 15.5. The van der Waals surface area contributed by atoms with Crippen LogP contribution in [0.1, 0.15) is 49.1 Å². The number of carbonyl (C=O) groups is 2. The fourth-order valence-electron chi connectivity index (χ4n) is 3.94. The number of pyridine rings is 1. The monoisotopic (exact) mass is 451 g/mol. The lowest BCUT2D eigenvalue weighted by molar-refractivity contribution is -0.117. The second-order valence-electron chi connectivity index (χ2n) is 7.96. The van der Waals surface area contributed by atoms with E-state index in [1.54, 1.807) is 35.4 Å². The lowest BCUT2D eigenvalue weighted by atomic mass is 10.0. The number of aromatic nitrogens is 3. The van der Waals surface area contributed by atoms with Crippen LogP contribution in [0.15, 0.2) is 54.7 Å². The highest BCUT2D eigenvalue weighted by atomic mass is 35.5. The Bertz CT molecular complexity index is 1080. The van der Waals surface area contributed by atoms with Crippen LogP contribution >= 0.6 is 11.6 Å². The Morgan fingerprint density at radius 2 is 2.00 bits per heavy atom. The van der Waals surface area contributed by atoms with Crippen LogP contribution < -0.4 is 5.32 Å². The Labute approximate surface area is 192 Å². The molecule has 0 aliphatic carbocycles. The van der Waals surface area contributed by atoms with Gasteiger partial charge in [0.1, 0.15) is 18.1 Å². The number of carbonyl (C=O) groups excluding carboxylic acids is 2. The zero-order valence-corrected chi connectivity index (χ0v) is 18.8. The highest BCUT2D eigenvalue weighted by molar-refractivity contribution is 6.30. The van der Waals surface area contributed by atoms with Gasteiger partial charge in [-0.1, -0.05) is 56.0 Å². The summed E-state index contributed by atoms with van der Waals surface area (Å²) in [7, 11) is 0. The van der Waals surface area contributed by atoms with Gasteiger partial charge < -0.3 is 10.2 Å². The van der Waals surface area contributed by atoms with Gasteiger partial charge in [0.2, 0.25) is 5.91 Å². The first-order chi connectivity index (χ1) is 15.5. The fourth-order valence-corrected chi connectivity index (χ4v) is 4.07. The first-order valence-electron chi connectivity index (χ1n) is 10.9. The van der Waals surface area contributed by atoms with E-state index < -0.39 is 0 Å². The molecule has 3 aromatic rings. The Hall–Kier alpha value is -3.19. The minimum Gasteiger partial charge on any atom is -0.326 e. The predicted molar refractivity (Wildman–Crippen MR) is 125 cm³/mol. The molecular formula is C24H26ClN5O2. The summed E-state index contributed by atoms with van der Waals surface area (Å²) in [5, 5.41) is 8.17. The number of fused-ring (bicyclic) bond motifs is 1. The highest BCUT2D eigenvalue weighted by Gasteiger charge is 2.33. The van der Waals surface area contributed by atoms with Gasteiger partial charge in [0.05, 0.1) is 11.7 Å². The van der Waals surface area contributed by atoms with E-state index in [4.69, 9.17) is 16.7 Å². The molecule has 1 unspecified atom stereocenters. The molecule has 1 N–H and O–H groups in total. The summed E-state index contributed by atoms with van der Waals surface area (Å²) >= 11 is 6.01. The van der Waals surface area contributed by atoms with Gasteiger partial charge in [-0.15, -0.1) is 0 Å². The molecule has 0 saturated heterocycles. The highest BCUT2D eigenvalue weighted by Crippen LogP contribution is 2.29. The van der Waals surface area contributed by atoms with Crippen LogP contribution in [0.4, 0.5) is 5.82 Å². The van der Waals surface area contributed by atoms with Gasteiger partial charge in [-0.3, -0.25) is 14.3 Å². The minimum absolute atomic E-state index is 0.0259. The molecule has 1 aromatic carbocycles. The molecule has 2 aromatic heterocycles. The number of rotatable bonds is 8. The summed E-state index contributed by atoms with van der Waals surface area (Å²) in [5.74, 6) is 0.00685. The Morgan fingerprint density at radius 3 is 2.72 bits per heavy atom. The largest absolute Gasteiger partial charge is 0.326 e. The van der Waals surface area contributed by atoms with Crippen LogP contribution in [0.2, 0.25) is 5.02 Å². The van der Waals surface area contributed by atoms with E-state index in [2.05, 4.69) is 17.2 Å². The van der Waals surface area contributed by atoms with Crippen LogP contribution in [0.25, 0.3) is 11.3 Å². The number of hydrogen-bond acceptors (Lipinski definition) is 4. The van der Waals surface area contributed by atoms with E-state index in [1.807, 2.05) is 28.9 Å². The van der Waals surface area contributed by atoms with E-state index in [9.17, 15) is 9.59 Å². The number of nitrogens with zero attached hydrogens (tertiary/aromatic N) is 4. The first-order valence-corrected chi connectivity index (χ1v) is 11.3. The third kappa shape index (κ3) is 4.99. The van der Waals surface area contributed by atoms with Gasteiger partial charge in [-0.25, -0.2) is 4.98 Å². The number of unbranched alkanes of at least 4 members (excludes halogenated alkanes) is 2. The number of benzene rings is 1. The maximum absolute atomic E-state index is 13.2. The first kappa shape index (κ1) is 22.0. The number of hydrogen-bond donors (Lipinski definition) is 1. The molecule has 7 nitrogen and oxygen atoms in total. The van der Waals surface area contributed by atoms with Crippen LogP contribution in [0.3, 0.4) is 0 Å². The van der Waals surface area contributed by atoms with E-state index in [0.717, 1.165) is 36.9 Å². The number of halogens is 1. The summed E-state index contributed by atoms with van der Waals surface area (Å²) in [6.45, 7) is 2.59. The Balaban J connectivity index is 1.56. The molecule has 0 radical (unpaired) electrons. The van der Waals surface area contributed by atoms with Gasteiger partial charge in [0.25, 0.3) is 5.91 Å². The number of anilines is 1. The Kier molecular flexibility index (Phi) is 6.85. The van der Waals surface area contributed by atoms with Crippen molar-refractivity contribution in [3.05, 3.63) is 65.4 Å². The van der Waals surface area contributed by atoms with E-state index in [1.165, 1.54) is 0 Å². The van der Waals surface area contributed by atoms with Crippen LogP contribution in [0, 0.1) is 0 Å². The zero-order valence-electron chi connectivity index (χ0n) is 18.0. The van der Waals surface area contributed by atoms with E-state index >= 15 is 0 Å². The quantitative estimate of drug-likeness (QED) is 0.498. The topological polar surface area (TPSA) is 80.1 Å². The molecule has 4 rings (SSSR count). The molecule has 0 fully saturated rings. The maximum Gasteiger partial charge on any atom is 0.272 e. The molecule has 1 aliphatic heterocycles. The molecule has 166 valence electrons. The third-order valence-corrected chi connectivity index (χ3v) is 5.82.